The fraction of sp³-hybridized carbons (Fsp3) is 0.417. The normalized spacial score (nSPS) is 13.8. The maximum absolute atomic E-state index is 11.2. The highest BCUT2D eigenvalue weighted by atomic mass is 32.2. The molecular weight excluding hydrogens is 296 g/mol. The largest absolute Gasteiger partial charge is 0.295 e. The van der Waals surface area contributed by atoms with Crippen LogP contribution in [0, 0.1) is 16.0 Å². The molecule has 0 aliphatic carbocycles. The number of anilines is 1. The van der Waals surface area contributed by atoms with Gasteiger partial charge in [0.2, 0.25) is 10.0 Å². The number of sulfonamides is 1. The van der Waals surface area contributed by atoms with Gasteiger partial charge in [-0.1, -0.05) is 13.8 Å². The van der Waals surface area contributed by atoms with Gasteiger partial charge in [-0.3, -0.25) is 15.5 Å². The molecule has 0 bridgehead atoms. The molecule has 9 heteroatoms. The molecule has 1 aromatic rings. The molecule has 1 rings (SSSR count). The molecular formula is C12H18N4O4S. The van der Waals surface area contributed by atoms with Gasteiger partial charge in [0, 0.05) is 11.8 Å². The minimum Gasteiger partial charge on any atom is -0.272 e. The molecule has 0 saturated heterocycles. The second-order valence-electron chi connectivity index (χ2n) is 4.66. The third kappa shape index (κ3) is 4.50. The van der Waals surface area contributed by atoms with Crippen LogP contribution >= 0.6 is 0 Å². The van der Waals surface area contributed by atoms with Crippen molar-refractivity contribution in [2.75, 3.05) is 5.43 Å². The fourth-order valence-corrected chi connectivity index (χ4v) is 2.02. The zero-order chi connectivity index (χ0) is 16.2. The number of nitro groups is 1. The maximum atomic E-state index is 11.2. The summed E-state index contributed by atoms with van der Waals surface area (Å²) in [4.78, 5) is 10.0. The lowest BCUT2D eigenvalue weighted by Gasteiger charge is -2.09. The Labute approximate surface area is 123 Å². The van der Waals surface area contributed by atoms with Crippen molar-refractivity contribution < 1.29 is 13.3 Å². The number of hydrogen-bond acceptors (Lipinski definition) is 6. The van der Waals surface area contributed by atoms with E-state index in [0.29, 0.717) is 0 Å². The van der Waals surface area contributed by atoms with Crippen LogP contribution in [0.15, 0.2) is 28.2 Å². The van der Waals surface area contributed by atoms with Crippen molar-refractivity contribution >= 4 is 27.1 Å². The number of nitro benzene ring substituents is 1. The molecule has 0 spiro atoms. The Kier molecular flexibility index (Phi) is 5.39. The minimum absolute atomic E-state index is 0.107. The highest BCUT2D eigenvalue weighted by Crippen LogP contribution is 2.27. The quantitative estimate of drug-likeness (QED) is 0.472. The van der Waals surface area contributed by atoms with E-state index in [2.05, 4.69) is 10.5 Å². The van der Waals surface area contributed by atoms with Crippen molar-refractivity contribution in [3.63, 3.8) is 0 Å². The van der Waals surface area contributed by atoms with Crippen LogP contribution in [-0.4, -0.2) is 19.1 Å². The summed E-state index contributed by atoms with van der Waals surface area (Å²) in [6, 6.07) is 3.37. The molecule has 116 valence electrons. The monoisotopic (exact) mass is 314 g/mol. The van der Waals surface area contributed by atoms with Gasteiger partial charge in [0.25, 0.3) is 5.69 Å². The predicted octanol–water partition coefficient (Wildman–Crippen LogP) is 2.08. The van der Waals surface area contributed by atoms with Crippen molar-refractivity contribution in [1.82, 2.24) is 0 Å². The lowest BCUT2D eigenvalue weighted by Crippen LogP contribution is -2.13. The van der Waals surface area contributed by atoms with E-state index >= 15 is 0 Å². The van der Waals surface area contributed by atoms with Gasteiger partial charge in [-0.2, -0.15) is 5.10 Å². The first-order chi connectivity index (χ1) is 9.66. The van der Waals surface area contributed by atoms with Gasteiger partial charge in [-0.25, -0.2) is 13.6 Å². The summed E-state index contributed by atoms with van der Waals surface area (Å²) in [7, 11) is -3.99. The Morgan fingerprint density at radius 3 is 2.62 bits per heavy atom. The molecule has 0 saturated carbocycles. The number of nitrogens with one attached hydrogen (secondary N) is 1. The Morgan fingerprint density at radius 1 is 1.52 bits per heavy atom. The number of primary sulfonamides is 1. The standard InChI is InChI=1S/C12H18N4O4S/c1-4-8(2)9(3)14-15-11-6-5-10(21(13,19)20)7-12(11)16(17)18/h5-8,15H,4H2,1-3H3,(H2,13,19,20)/b14-9-/t8-/m1/s1. The molecule has 21 heavy (non-hydrogen) atoms. The lowest BCUT2D eigenvalue weighted by molar-refractivity contribution is -0.384. The molecule has 0 aliphatic heterocycles. The second kappa shape index (κ2) is 6.64. The van der Waals surface area contributed by atoms with E-state index in [-0.39, 0.29) is 16.5 Å². The Morgan fingerprint density at radius 2 is 2.14 bits per heavy atom. The Balaban J connectivity index is 3.17. The number of hydrazone groups is 1. The first-order valence-electron chi connectivity index (χ1n) is 6.28. The number of nitrogens with two attached hydrogens (primary N) is 1. The first-order valence-corrected chi connectivity index (χ1v) is 7.82. The van der Waals surface area contributed by atoms with E-state index in [4.69, 9.17) is 5.14 Å². The van der Waals surface area contributed by atoms with Crippen molar-refractivity contribution in [3.8, 4) is 0 Å². The second-order valence-corrected chi connectivity index (χ2v) is 6.22. The number of nitrogens with zero attached hydrogens (tertiary/aromatic N) is 2. The topological polar surface area (TPSA) is 128 Å². The van der Waals surface area contributed by atoms with Gasteiger partial charge >= 0.3 is 0 Å². The SMILES string of the molecule is CC[C@@H](C)/C(C)=N\Nc1ccc(S(N)(=O)=O)cc1[N+](=O)[O-]. The average Bonchev–Trinajstić information content (AvgIpc) is 2.42. The van der Waals surface area contributed by atoms with Crippen LogP contribution in [-0.2, 0) is 10.0 Å². The van der Waals surface area contributed by atoms with Crippen molar-refractivity contribution in [1.29, 1.82) is 0 Å². The number of hydrogen-bond donors (Lipinski definition) is 2. The molecule has 0 unspecified atom stereocenters. The Hall–Kier alpha value is -2.00. The summed E-state index contributed by atoms with van der Waals surface area (Å²) >= 11 is 0. The van der Waals surface area contributed by atoms with Crippen LogP contribution in [0.1, 0.15) is 27.2 Å². The zero-order valence-corrected chi connectivity index (χ0v) is 12.8. The third-order valence-corrected chi connectivity index (χ3v) is 4.08. The Bertz CT molecular complexity index is 670. The van der Waals surface area contributed by atoms with Crippen LogP contribution in [0.4, 0.5) is 11.4 Å². The average molecular weight is 314 g/mol. The third-order valence-electron chi connectivity index (χ3n) is 3.17. The van der Waals surface area contributed by atoms with Gasteiger partial charge in [0.15, 0.2) is 0 Å². The summed E-state index contributed by atoms with van der Waals surface area (Å²) in [5.74, 6) is 0.236. The minimum atomic E-state index is -3.99. The highest BCUT2D eigenvalue weighted by molar-refractivity contribution is 7.89. The van der Waals surface area contributed by atoms with Crippen molar-refractivity contribution in [3.05, 3.63) is 28.3 Å². The van der Waals surface area contributed by atoms with Crippen LogP contribution in [0.25, 0.3) is 0 Å². The molecule has 0 fully saturated rings. The smallest absolute Gasteiger partial charge is 0.272 e. The molecule has 8 nitrogen and oxygen atoms in total. The van der Waals surface area contributed by atoms with Crippen molar-refractivity contribution in [2.45, 2.75) is 32.1 Å². The molecule has 1 aromatic carbocycles. The van der Waals surface area contributed by atoms with E-state index in [1.807, 2.05) is 20.8 Å². The van der Waals surface area contributed by atoms with E-state index in [9.17, 15) is 18.5 Å². The molecule has 0 aliphatic rings. The maximum Gasteiger partial charge on any atom is 0.295 e. The van der Waals surface area contributed by atoms with Crippen LogP contribution in [0.5, 0.6) is 0 Å². The summed E-state index contributed by atoms with van der Waals surface area (Å²) in [6.07, 6.45) is 0.892. The molecule has 0 aromatic heterocycles. The van der Waals surface area contributed by atoms with Crippen LogP contribution in [0.3, 0.4) is 0 Å². The van der Waals surface area contributed by atoms with Gasteiger partial charge in [0.1, 0.15) is 5.69 Å². The van der Waals surface area contributed by atoms with Crippen LogP contribution in [0.2, 0.25) is 0 Å². The lowest BCUT2D eigenvalue weighted by atomic mass is 10.1. The van der Waals surface area contributed by atoms with Crippen LogP contribution < -0.4 is 10.6 Å². The summed E-state index contributed by atoms with van der Waals surface area (Å²) in [5, 5.41) is 20.1. The predicted molar refractivity (Wildman–Crippen MR) is 80.7 cm³/mol. The molecule has 3 N–H and O–H groups in total. The highest BCUT2D eigenvalue weighted by Gasteiger charge is 2.19. The fourth-order valence-electron chi connectivity index (χ4n) is 1.49. The zero-order valence-electron chi connectivity index (χ0n) is 12.0. The van der Waals surface area contributed by atoms with Crippen molar-refractivity contribution in [2.24, 2.45) is 16.2 Å². The van der Waals surface area contributed by atoms with E-state index in [1.54, 1.807) is 0 Å². The molecule has 0 radical (unpaired) electrons. The van der Waals surface area contributed by atoms with Gasteiger partial charge < -0.3 is 0 Å². The molecule has 1 atom stereocenters. The van der Waals surface area contributed by atoms with E-state index < -0.39 is 20.6 Å². The van der Waals surface area contributed by atoms with E-state index in [0.717, 1.165) is 18.2 Å². The van der Waals surface area contributed by atoms with Gasteiger partial charge in [-0.05, 0) is 31.4 Å². The summed E-state index contributed by atoms with van der Waals surface area (Å²) < 4.78 is 22.4. The van der Waals surface area contributed by atoms with E-state index in [1.165, 1.54) is 12.1 Å². The summed E-state index contributed by atoms with van der Waals surface area (Å²) in [5.41, 5.74) is 3.10. The van der Waals surface area contributed by atoms with Gasteiger partial charge in [-0.15, -0.1) is 0 Å². The molecule has 0 amide bonds. The summed E-state index contributed by atoms with van der Waals surface area (Å²) in [6.45, 7) is 5.80. The first kappa shape index (κ1) is 17.1. The molecule has 0 heterocycles. The number of rotatable bonds is 6. The number of benzene rings is 1. The van der Waals surface area contributed by atoms with Gasteiger partial charge in [0.05, 0.1) is 9.82 Å².